The summed E-state index contributed by atoms with van der Waals surface area (Å²) in [5.74, 6) is 0. The van der Waals surface area contributed by atoms with Crippen LogP contribution in [0.4, 0.5) is 0 Å². The highest BCUT2D eigenvalue weighted by Gasteiger charge is 2.11. The predicted octanol–water partition coefficient (Wildman–Crippen LogP) is 2.31. The molecule has 0 unspecified atom stereocenters. The monoisotopic (exact) mass is 216 g/mol. The van der Waals surface area contributed by atoms with Gasteiger partial charge in [-0.25, -0.2) is 8.42 Å². The van der Waals surface area contributed by atoms with Crippen molar-refractivity contribution in [3.8, 4) is 0 Å². The lowest BCUT2D eigenvalue weighted by molar-refractivity contribution is 0.614. The zero-order valence-corrected chi connectivity index (χ0v) is 8.48. The van der Waals surface area contributed by atoms with Gasteiger partial charge in [0.05, 0.1) is 4.91 Å². The SMILES string of the molecule is C=C(Cc1ccccc1)S(=O)(=O)Cl. The van der Waals surface area contributed by atoms with E-state index in [0.717, 1.165) is 5.56 Å². The van der Waals surface area contributed by atoms with Gasteiger partial charge in [0.25, 0.3) is 9.05 Å². The fraction of sp³-hybridized carbons (Fsp3) is 0.111. The Morgan fingerprint density at radius 2 is 1.85 bits per heavy atom. The molecule has 4 heteroatoms. The summed E-state index contributed by atoms with van der Waals surface area (Å²) in [5.41, 5.74) is 0.886. The standard InChI is InChI=1S/C9H9ClO2S/c1-8(13(10,11)12)7-9-5-3-2-4-6-9/h2-6H,1,7H2. The Kier molecular flexibility index (Phi) is 3.12. The van der Waals surface area contributed by atoms with E-state index in [1.807, 2.05) is 30.3 Å². The van der Waals surface area contributed by atoms with Crippen molar-refractivity contribution >= 4 is 19.7 Å². The molecular formula is C9H9ClO2S. The number of halogens is 1. The van der Waals surface area contributed by atoms with Gasteiger partial charge in [-0.3, -0.25) is 0 Å². The molecule has 0 amide bonds. The Bertz CT molecular complexity index is 395. The van der Waals surface area contributed by atoms with E-state index in [4.69, 9.17) is 10.7 Å². The summed E-state index contributed by atoms with van der Waals surface area (Å²) in [6.45, 7) is 3.40. The lowest BCUT2D eigenvalue weighted by Crippen LogP contribution is -1.97. The Morgan fingerprint density at radius 3 is 2.31 bits per heavy atom. The van der Waals surface area contributed by atoms with Gasteiger partial charge in [-0.2, -0.15) is 0 Å². The second-order valence-corrected chi connectivity index (χ2v) is 5.31. The Hall–Kier alpha value is -0.800. The molecule has 1 aromatic carbocycles. The Labute approximate surface area is 82.3 Å². The number of hydrogen-bond acceptors (Lipinski definition) is 2. The normalized spacial score (nSPS) is 11.2. The summed E-state index contributed by atoms with van der Waals surface area (Å²) in [4.78, 5) is 0.0281. The van der Waals surface area contributed by atoms with E-state index in [1.165, 1.54) is 0 Å². The van der Waals surface area contributed by atoms with E-state index >= 15 is 0 Å². The minimum atomic E-state index is -3.62. The topological polar surface area (TPSA) is 34.1 Å². The van der Waals surface area contributed by atoms with E-state index in [2.05, 4.69) is 6.58 Å². The quantitative estimate of drug-likeness (QED) is 0.727. The minimum absolute atomic E-state index is 0.0281. The molecule has 1 rings (SSSR count). The molecule has 2 nitrogen and oxygen atoms in total. The molecule has 0 saturated carbocycles. The molecular weight excluding hydrogens is 208 g/mol. The van der Waals surface area contributed by atoms with Crippen LogP contribution in [-0.4, -0.2) is 8.42 Å². The van der Waals surface area contributed by atoms with E-state index in [-0.39, 0.29) is 11.3 Å². The zero-order chi connectivity index (χ0) is 9.90. The van der Waals surface area contributed by atoms with Gasteiger partial charge in [-0.1, -0.05) is 36.9 Å². The fourth-order valence-electron chi connectivity index (χ4n) is 0.910. The van der Waals surface area contributed by atoms with Crippen molar-refractivity contribution in [1.82, 2.24) is 0 Å². The van der Waals surface area contributed by atoms with Crippen LogP contribution in [0.5, 0.6) is 0 Å². The maximum Gasteiger partial charge on any atom is 0.257 e. The third-order valence-corrected chi connectivity index (χ3v) is 3.08. The average Bonchev–Trinajstić information content (AvgIpc) is 2.04. The molecule has 0 fully saturated rings. The largest absolute Gasteiger partial charge is 0.257 e. The van der Waals surface area contributed by atoms with Gasteiger partial charge < -0.3 is 0 Å². The molecule has 0 aliphatic carbocycles. The highest BCUT2D eigenvalue weighted by molar-refractivity contribution is 8.16. The molecule has 0 N–H and O–H groups in total. The van der Waals surface area contributed by atoms with Crippen LogP contribution >= 0.6 is 10.7 Å². The van der Waals surface area contributed by atoms with Gasteiger partial charge >= 0.3 is 0 Å². The average molecular weight is 217 g/mol. The van der Waals surface area contributed by atoms with Crippen LogP contribution < -0.4 is 0 Å². The van der Waals surface area contributed by atoms with Gasteiger partial charge in [0.1, 0.15) is 0 Å². The first-order chi connectivity index (χ1) is 6.00. The number of allylic oxidation sites excluding steroid dienone is 1. The molecule has 0 aliphatic heterocycles. The predicted molar refractivity (Wildman–Crippen MR) is 54.1 cm³/mol. The summed E-state index contributed by atoms with van der Waals surface area (Å²) < 4.78 is 21.6. The summed E-state index contributed by atoms with van der Waals surface area (Å²) in [7, 11) is 1.48. The molecule has 0 aromatic heterocycles. The highest BCUT2D eigenvalue weighted by atomic mass is 35.7. The van der Waals surface area contributed by atoms with Crippen molar-refractivity contribution in [2.45, 2.75) is 6.42 Å². The summed E-state index contributed by atoms with van der Waals surface area (Å²) in [5, 5.41) is 0. The van der Waals surface area contributed by atoms with Crippen molar-refractivity contribution in [3.05, 3.63) is 47.4 Å². The maximum atomic E-state index is 10.8. The molecule has 70 valence electrons. The Morgan fingerprint density at radius 1 is 1.31 bits per heavy atom. The Balaban J connectivity index is 2.78. The van der Waals surface area contributed by atoms with Crippen LogP contribution in [0.2, 0.25) is 0 Å². The van der Waals surface area contributed by atoms with Crippen LogP contribution in [0.15, 0.2) is 41.8 Å². The zero-order valence-electron chi connectivity index (χ0n) is 6.90. The van der Waals surface area contributed by atoms with Gasteiger partial charge in [-0.15, -0.1) is 0 Å². The van der Waals surface area contributed by atoms with Gasteiger partial charge in [0.2, 0.25) is 0 Å². The number of benzene rings is 1. The number of rotatable bonds is 3. The van der Waals surface area contributed by atoms with E-state index in [9.17, 15) is 8.42 Å². The summed E-state index contributed by atoms with van der Waals surface area (Å²) in [6, 6.07) is 9.19. The smallest absolute Gasteiger partial charge is 0.207 e. The van der Waals surface area contributed by atoms with Crippen LogP contribution in [-0.2, 0) is 15.5 Å². The van der Waals surface area contributed by atoms with Crippen molar-refractivity contribution in [2.24, 2.45) is 0 Å². The van der Waals surface area contributed by atoms with Gasteiger partial charge in [0.15, 0.2) is 0 Å². The molecule has 0 bridgehead atoms. The molecule has 0 spiro atoms. The molecule has 0 heterocycles. The minimum Gasteiger partial charge on any atom is -0.207 e. The van der Waals surface area contributed by atoms with E-state index in [1.54, 1.807) is 0 Å². The van der Waals surface area contributed by atoms with Gasteiger partial charge in [-0.05, 0) is 5.56 Å². The fourth-order valence-corrected chi connectivity index (χ4v) is 1.41. The molecule has 0 saturated heterocycles. The maximum absolute atomic E-state index is 10.8. The summed E-state index contributed by atoms with van der Waals surface area (Å²) in [6.07, 6.45) is 0.271. The van der Waals surface area contributed by atoms with E-state index in [0.29, 0.717) is 0 Å². The van der Waals surface area contributed by atoms with Gasteiger partial charge in [0, 0.05) is 17.1 Å². The second kappa shape index (κ2) is 3.94. The lowest BCUT2D eigenvalue weighted by Gasteiger charge is -2.00. The van der Waals surface area contributed by atoms with Crippen LogP contribution in [0, 0.1) is 0 Å². The van der Waals surface area contributed by atoms with Crippen molar-refractivity contribution in [2.75, 3.05) is 0 Å². The van der Waals surface area contributed by atoms with Crippen molar-refractivity contribution in [1.29, 1.82) is 0 Å². The third kappa shape index (κ3) is 3.20. The first-order valence-electron chi connectivity index (χ1n) is 3.66. The first kappa shape index (κ1) is 10.3. The van der Waals surface area contributed by atoms with Crippen LogP contribution in [0.1, 0.15) is 5.56 Å². The number of hydrogen-bond donors (Lipinski definition) is 0. The lowest BCUT2D eigenvalue weighted by atomic mass is 10.1. The van der Waals surface area contributed by atoms with E-state index < -0.39 is 9.05 Å². The van der Waals surface area contributed by atoms with Crippen molar-refractivity contribution < 1.29 is 8.42 Å². The van der Waals surface area contributed by atoms with Crippen LogP contribution in [0.25, 0.3) is 0 Å². The molecule has 1 aromatic rings. The molecule has 0 radical (unpaired) electrons. The first-order valence-corrected chi connectivity index (χ1v) is 5.97. The van der Waals surface area contributed by atoms with Crippen molar-refractivity contribution in [3.63, 3.8) is 0 Å². The van der Waals surface area contributed by atoms with Crippen LogP contribution in [0.3, 0.4) is 0 Å². The molecule has 13 heavy (non-hydrogen) atoms. The third-order valence-electron chi connectivity index (χ3n) is 1.59. The molecule has 0 aliphatic rings. The summed E-state index contributed by atoms with van der Waals surface area (Å²) >= 11 is 0. The highest BCUT2D eigenvalue weighted by Crippen LogP contribution is 2.15. The second-order valence-electron chi connectivity index (χ2n) is 2.64. The molecule has 0 atom stereocenters.